The average molecular weight is 435 g/mol. The molecule has 0 aliphatic carbocycles. The van der Waals surface area contributed by atoms with Gasteiger partial charge in [-0.05, 0) is 76.4 Å². The van der Waals surface area contributed by atoms with Gasteiger partial charge >= 0.3 is 0 Å². The summed E-state index contributed by atoms with van der Waals surface area (Å²) in [6.07, 6.45) is 5.87. The molecule has 1 atom stereocenters. The molecule has 2 aliphatic rings. The number of pyridine rings is 1. The maximum atomic E-state index is 13.2. The Hall–Kier alpha value is -2.73. The summed E-state index contributed by atoms with van der Waals surface area (Å²) in [5.41, 5.74) is 8.81. The topological polar surface area (TPSA) is 79.5 Å². The maximum Gasteiger partial charge on any atom is 0.248 e. The van der Waals surface area contributed by atoms with Gasteiger partial charge in [0.05, 0.1) is 0 Å². The van der Waals surface area contributed by atoms with Crippen LogP contribution in [0.25, 0.3) is 11.1 Å². The van der Waals surface area contributed by atoms with E-state index in [1.165, 1.54) is 0 Å². The van der Waals surface area contributed by atoms with E-state index in [1.807, 2.05) is 24.4 Å². The van der Waals surface area contributed by atoms with Crippen molar-refractivity contribution in [2.45, 2.75) is 51.5 Å². The van der Waals surface area contributed by atoms with Crippen molar-refractivity contribution >= 4 is 11.8 Å². The number of aromatic nitrogens is 1. The van der Waals surface area contributed by atoms with Crippen LogP contribution in [0.3, 0.4) is 0 Å². The molecule has 4 rings (SSSR count). The van der Waals surface area contributed by atoms with Crippen molar-refractivity contribution in [1.82, 2.24) is 14.8 Å². The number of amides is 2. The fraction of sp³-hybridized carbons (Fsp3) is 0.500. The van der Waals surface area contributed by atoms with Gasteiger partial charge in [-0.2, -0.15) is 0 Å². The van der Waals surface area contributed by atoms with Crippen LogP contribution in [0.4, 0.5) is 0 Å². The summed E-state index contributed by atoms with van der Waals surface area (Å²) < 4.78 is 0. The SMILES string of the molecule is CC(C)N1CCC(C(=O)N2CCCC(c3ccc(-c4cccc(C(N)=O)c4)cn3)C2)CC1. The Morgan fingerprint density at radius 2 is 1.81 bits per heavy atom. The quantitative estimate of drug-likeness (QED) is 0.779. The fourth-order valence-corrected chi connectivity index (χ4v) is 5.01. The van der Waals surface area contributed by atoms with Gasteiger partial charge in [0, 0.05) is 54.0 Å². The van der Waals surface area contributed by atoms with Gasteiger partial charge in [0.25, 0.3) is 0 Å². The first-order valence-corrected chi connectivity index (χ1v) is 11.8. The van der Waals surface area contributed by atoms with Gasteiger partial charge in [0.2, 0.25) is 11.8 Å². The number of carbonyl (C=O) groups excluding carboxylic acids is 2. The number of hydrogen-bond donors (Lipinski definition) is 1. The highest BCUT2D eigenvalue weighted by atomic mass is 16.2. The standard InChI is InChI=1S/C26H34N4O2/c1-18(2)29-13-10-19(11-14-29)26(32)30-12-4-7-23(17-30)24-9-8-22(16-28-24)20-5-3-6-21(15-20)25(27)31/h3,5-6,8-9,15-16,18-19,23H,4,7,10-14,17H2,1-2H3,(H2,27,31). The number of nitrogens with zero attached hydrogens (tertiary/aromatic N) is 3. The number of nitrogens with two attached hydrogens (primary N) is 1. The zero-order valence-electron chi connectivity index (χ0n) is 19.2. The second-order valence-corrected chi connectivity index (χ2v) is 9.44. The molecule has 6 heteroatoms. The molecule has 2 N–H and O–H groups in total. The Bertz CT molecular complexity index is 949. The van der Waals surface area contributed by atoms with Gasteiger partial charge in [0.15, 0.2) is 0 Å². The van der Waals surface area contributed by atoms with Gasteiger partial charge < -0.3 is 15.5 Å². The van der Waals surface area contributed by atoms with Gasteiger partial charge in [-0.25, -0.2) is 0 Å². The van der Waals surface area contributed by atoms with E-state index in [1.54, 1.807) is 12.1 Å². The molecule has 6 nitrogen and oxygen atoms in total. The molecule has 1 aromatic heterocycles. The zero-order chi connectivity index (χ0) is 22.7. The molecule has 0 bridgehead atoms. The minimum absolute atomic E-state index is 0.164. The molecule has 0 radical (unpaired) electrons. The molecule has 0 saturated carbocycles. The number of benzene rings is 1. The molecule has 2 aliphatic heterocycles. The monoisotopic (exact) mass is 434 g/mol. The lowest BCUT2D eigenvalue weighted by atomic mass is 9.90. The van der Waals surface area contributed by atoms with E-state index in [-0.39, 0.29) is 11.8 Å². The zero-order valence-corrected chi connectivity index (χ0v) is 19.2. The van der Waals surface area contributed by atoms with E-state index >= 15 is 0 Å². The summed E-state index contributed by atoms with van der Waals surface area (Å²) in [5, 5.41) is 0. The van der Waals surface area contributed by atoms with E-state index < -0.39 is 5.91 Å². The minimum atomic E-state index is -0.432. The predicted molar refractivity (Wildman–Crippen MR) is 126 cm³/mol. The molecular formula is C26H34N4O2. The number of carbonyl (C=O) groups is 2. The number of piperidine rings is 2. The minimum Gasteiger partial charge on any atom is -0.366 e. The third-order valence-electron chi connectivity index (χ3n) is 7.03. The Morgan fingerprint density at radius 3 is 2.47 bits per heavy atom. The first-order chi connectivity index (χ1) is 15.4. The van der Waals surface area contributed by atoms with E-state index in [4.69, 9.17) is 10.7 Å². The van der Waals surface area contributed by atoms with E-state index in [0.29, 0.717) is 17.5 Å². The second kappa shape index (κ2) is 9.82. The van der Waals surface area contributed by atoms with E-state index in [9.17, 15) is 9.59 Å². The van der Waals surface area contributed by atoms with Crippen molar-refractivity contribution < 1.29 is 9.59 Å². The van der Waals surface area contributed by atoms with Crippen molar-refractivity contribution in [1.29, 1.82) is 0 Å². The molecule has 2 fully saturated rings. The summed E-state index contributed by atoms with van der Waals surface area (Å²) in [7, 11) is 0. The van der Waals surface area contributed by atoms with Crippen molar-refractivity contribution in [2.24, 2.45) is 11.7 Å². The summed E-state index contributed by atoms with van der Waals surface area (Å²) in [6.45, 7) is 8.11. The van der Waals surface area contributed by atoms with Crippen LogP contribution in [0, 0.1) is 5.92 Å². The number of primary amides is 1. The van der Waals surface area contributed by atoms with Crippen LogP contribution in [0.2, 0.25) is 0 Å². The summed E-state index contributed by atoms with van der Waals surface area (Å²) >= 11 is 0. The molecule has 0 spiro atoms. The lowest BCUT2D eigenvalue weighted by Gasteiger charge is -2.38. The molecule has 2 aromatic rings. The third-order valence-corrected chi connectivity index (χ3v) is 7.03. The number of rotatable bonds is 5. The van der Waals surface area contributed by atoms with Crippen molar-refractivity contribution in [3.63, 3.8) is 0 Å². The van der Waals surface area contributed by atoms with Crippen LogP contribution in [0.5, 0.6) is 0 Å². The molecule has 3 heterocycles. The summed E-state index contributed by atoms with van der Waals surface area (Å²) in [5.74, 6) is 0.336. The highest BCUT2D eigenvalue weighted by Gasteiger charge is 2.32. The molecule has 2 amide bonds. The van der Waals surface area contributed by atoms with E-state index in [0.717, 1.165) is 68.7 Å². The summed E-state index contributed by atoms with van der Waals surface area (Å²) in [4.78, 5) is 33.9. The highest BCUT2D eigenvalue weighted by molar-refractivity contribution is 5.94. The van der Waals surface area contributed by atoms with Crippen molar-refractivity contribution in [3.05, 3.63) is 53.9 Å². The molecule has 2 saturated heterocycles. The van der Waals surface area contributed by atoms with Crippen molar-refractivity contribution in [3.8, 4) is 11.1 Å². The smallest absolute Gasteiger partial charge is 0.248 e. The fourth-order valence-electron chi connectivity index (χ4n) is 5.01. The lowest BCUT2D eigenvalue weighted by Crippen LogP contribution is -2.47. The Morgan fingerprint density at radius 1 is 1.03 bits per heavy atom. The van der Waals surface area contributed by atoms with Gasteiger partial charge in [-0.3, -0.25) is 14.6 Å². The van der Waals surface area contributed by atoms with E-state index in [2.05, 4.69) is 29.7 Å². The Labute approximate surface area is 190 Å². The third kappa shape index (κ3) is 5.01. The molecule has 170 valence electrons. The van der Waals surface area contributed by atoms with Crippen LogP contribution in [0.15, 0.2) is 42.6 Å². The lowest BCUT2D eigenvalue weighted by molar-refractivity contribution is -0.138. The normalized spacial score (nSPS) is 20.5. The van der Waals surface area contributed by atoms with Crippen LogP contribution >= 0.6 is 0 Å². The molecule has 1 unspecified atom stereocenters. The predicted octanol–water partition coefficient (Wildman–Crippen LogP) is 3.67. The number of likely N-dealkylation sites (tertiary alicyclic amines) is 2. The van der Waals surface area contributed by atoms with Gasteiger partial charge in [-0.15, -0.1) is 0 Å². The maximum absolute atomic E-state index is 13.2. The Kier molecular flexibility index (Phi) is 6.89. The highest BCUT2D eigenvalue weighted by Crippen LogP contribution is 2.30. The second-order valence-electron chi connectivity index (χ2n) is 9.44. The van der Waals surface area contributed by atoms with Crippen LogP contribution in [-0.4, -0.2) is 58.8 Å². The van der Waals surface area contributed by atoms with Crippen molar-refractivity contribution in [2.75, 3.05) is 26.2 Å². The molecule has 1 aromatic carbocycles. The average Bonchev–Trinajstić information content (AvgIpc) is 2.84. The van der Waals surface area contributed by atoms with Crippen LogP contribution in [-0.2, 0) is 4.79 Å². The van der Waals surface area contributed by atoms with Crippen LogP contribution in [0.1, 0.15) is 61.5 Å². The van der Waals surface area contributed by atoms with Gasteiger partial charge in [-0.1, -0.05) is 18.2 Å². The largest absolute Gasteiger partial charge is 0.366 e. The van der Waals surface area contributed by atoms with Gasteiger partial charge in [0.1, 0.15) is 0 Å². The summed E-state index contributed by atoms with van der Waals surface area (Å²) in [6, 6.07) is 12.0. The molecular weight excluding hydrogens is 400 g/mol. The Balaban J connectivity index is 1.40. The first kappa shape index (κ1) is 22.5. The number of hydrogen-bond acceptors (Lipinski definition) is 4. The molecule has 32 heavy (non-hydrogen) atoms. The van der Waals surface area contributed by atoms with Crippen LogP contribution < -0.4 is 5.73 Å². The first-order valence-electron chi connectivity index (χ1n) is 11.8.